The van der Waals surface area contributed by atoms with Crippen LogP contribution in [0.4, 0.5) is 0 Å². The largest absolute Gasteiger partial charge is 0.431 e. The number of nitrogens with zero attached hydrogens (tertiary/aromatic N) is 1. The Morgan fingerprint density at radius 1 is 1.31 bits per heavy atom. The zero-order valence-corrected chi connectivity index (χ0v) is 9.61. The molecule has 0 unspecified atom stereocenters. The maximum absolute atomic E-state index is 9.73. The van der Waals surface area contributed by atoms with Crippen molar-refractivity contribution in [3.63, 3.8) is 0 Å². The lowest BCUT2D eigenvalue weighted by atomic mass is 10.3. The van der Waals surface area contributed by atoms with Gasteiger partial charge in [0.2, 0.25) is 0 Å². The molecule has 0 aliphatic heterocycles. The van der Waals surface area contributed by atoms with Crippen molar-refractivity contribution >= 4 is 22.9 Å². The summed E-state index contributed by atoms with van der Waals surface area (Å²) in [5.41, 5.74) is 1.70. The third-order valence-electron chi connectivity index (χ3n) is 2.94. The average Bonchev–Trinajstić information content (AvgIpc) is 2.85. The van der Waals surface area contributed by atoms with E-state index >= 15 is 0 Å². The fourth-order valence-electron chi connectivity index (χ4n) is 2.07. The van der Waals surface area contributed by atoms with Gasteiger partial charge >= 0.3 is 0 Å². The van der Waals surface area contributed by atoms with Gasteiger partial charge in [-0.25, -0.2) is 4.98 Å². The predicted molar refractivity (Wildman–Crippen MR) is 63.5 cm³/mol. The van der Waals surface area contributed by atoms with E-state index in [-0.39, 0.29) is 11.4 Å². The molecule has 0 saturated heterocycles. The Bertz CT molecular complexity index is 463. The summed E-state index contributed by atoms with van der Waals surface area (Å²) in [4.78, 5) is 4.40. The van der Waals surface area contributed by atoms with Gasteiger partial charge in [0.25, 0.3) is 5.22 Å². The molecule has 0 spiro atoms. The molecular weight excluding hydrogens is 222 g/mol. The zero-order valence-electron chi connectivity index (χ0n) is 8.80. The maximum Gasteiger partial charge on any atom is 0.257 e. The van der Waals surface area contributed by atoms with E-state index in [1.54, 1.807) is 11.8 Å². The molecule has 1 aromatic heterocycles. The second-order valence-electron chi connectivity index (χ2n) is 4.10. The summed E-state index contributed by atoms with van der Waals surface area (Å²) >= 11 is 1.56. The van der Waals surface area contributed by atoms with E-state index in [0.29, 0.717) is 5.22 Å². The van der Waals surface area contributed by atoms with E-state index in [4.69, 9.17) is 4.42 Å². The van der Waals surface area contributed by atoms with Crippen LogP contribution in [0.5, 0.6) is 0 Å². The summed E-state index contributed by atoms with van der Waals surface area (Å²) in [7, 11) is 0. The van der Waals surface area contributed by atoms with Crippen LogP contribution in [0.3, 0.4) is 0 Å². The molecule has 0 amide bonds. The second kappa shape index (κ2) is 4.11. The first kappa shape index (κ1) is 10.2. The summed E-state index contributed by atoms with van der Waals surface area (Å²) in [6.45, 7) is 0. The lowest BCUT2D eigenvalue weighted by Gasteiger charge is -2.10. The van der Waals surface area contributed by atoms with Crippen molar-refractivity contribution in [1.29, 1.82) is 0 Å². The van der Waals surface area contributed by atoms with Crippen molar-refractivity contribution in [2.75, 3.05) is 0 Å². The van der Waals surface area contributed by atoms with Gasteiger partial charge in [-0.05, 0) is 31.4 Å². The first-order valence-electron chi connectivity index (χ1n) is 5.53. The van der Waals surface area contributed by atoms with Crippen molar-refractivity contribution in [1.82, 2.24) is 4.98 Å². The topological polar surface area (TPSA) is 46.3 Å². The van der Waals surface area contributed by atoms with Crippen LogP contribution in [0.15, 0.2) is 33.9 Å². The lowest BCUT2D eigenvalue weighted by molar-refractivity contribution is 0.187. The molecule has 4 heteroatoms. The highest BCUT2D eigenvalue weighted by molar-refractivity contribution is 7.99. The number of rotatable bonds is 2. The summed E-state index contributed by atoms with van der Waals surface area (Å²) in [6, 6.07) is 7.74. The molecule has 1 aromatic carbocycles. The van der Waals surface area contributed by atoms with Gasteiger partial charge in [0.05, 0.1) is 6.10 Å². The highest BCUT2D eigenvalue weighted by Crippen LogP contribution is 2.35. The van der Waals surface area contributed by atoms with Crippen molar-refractivity contribution < 1.29 is 9.52 Å². The Morgan fingerprint density at radius 3 is 2.94 bits per heavy atom. The monoisotopic (exact) mass is 235 g/mol. The minimum atomic E-state index is -0.208. The second-order valence-corrected chi connectivity index (χ2v) is 5.29. The summed E-state index contributed by atoms with van der Waals surface area (Å²) in [5, 5.41) is 10.7. The third kappa shape index (κ3) is 1.83. The van der Waals surface area contributed by atoms with Gasteiger partial charge in [-0.15, -0.1) is 0 Å². The molecule has 1 heterocycles. The molecule has 16 heavy (non-hydrogen) atoms. The molecule has 2 atom stereocenters. The minimum Gasteiger partial charge on any atom is -0.431 e. The molecular formula is C12H13NO2S. The number of thioether (sulfide) groups is 1. The van der Waals surface area contributed by atoms with Crippen molar-refractivity contribution in [2.24, 2.45) is 0 Å². The number of hydrogen-bond acceptors (Lipinski definition) is 4. The Kier molecular flexibility index (Phi) is 2.61. The SMILES string of the molecule is O[C@@H]1CCC[C@H]1Sc1nc2ccccc2o1. The lowest BCUT2D eigenvalue weighted by Crippen LogP contribution is -2.14. The zero-order chi connectivity index (χ0) is 11.0. The van der Waals surface area contributed by atoms with Crippen molar-refractivity contribution in [2.45, 2.75) is 35.8 Å². The van der Waals surface area contributed by atoms with Crippen LogP contribution in [-0.2, 0) is 0 Å². The molecule has 3 nitrogen and oxygen atoms in total. The molecule has 1 N–H and O–H groups in total. The van der Waals surface area contributed by atoms with E-state index in [2.05, 4.69) is 4.98 Å². The molecule has 1 aliphatic carbocycles. The first-order valence-corrected chi connectivity index (χ1v) is 6.41. The number of aromatic nitrogens is 1. The predicted octanol–water partition coefficient (Wildman–Crippen LogP) is 2.83. The number of aliphatic hydroxyl groups is 1. The van der Waals surface area contributed by atoms with Gasteiger partial charge in [0.15, 0.2) is 5.58 Å². The molecule has 2 aromatic rings. The summed E-state index contributed by atoms with van der Waals surface area (Å²) in [6.07, 6.45) is 2.83. The number of hydrogen-bond donors (Lipinski definition) is 1. The third-order valence-corrected chi connectivity index (χ3v) is 4.17. The number of benzene rings is 1. The van der Waals surface area contributed by atoms with E-state index < -0.39 is 0 Å². The van der Waals surface area contributed by atoms with Crippen molar-refractivity contribution in [3.05, 3.63) is 24.3 Å². The van der Waals surface area contributed by atoms with E-state index in [1.165, 1.54) is 0 Å². The first-order chi connectivity index (χ1) is 7.83. The van der Waals surface area contributed by atoms with E-state index in [0.717, 1.165) is 30.4 Å². The summed E-state index contributed by atoms with van der Waals surface area (Å²) in [5.74, 6) is 0. The molecule has 1 aliphatic rings. The van der Waals surface area contributed by atoms with Gasteiger partial charge < -0.3 is 9.52 Å². The quantitative estimate of drug-likeness (QED) is 0.869. The van der Waals surface area contributed by atoms with Crippen LogP contribution < -0.4 is 0 Å². The molecule has 1 fully saturated rings. The number of para-hydroxylation sites is 2. The Hall–Kier alpha value is -1.00. The number of oxazole rings is 1. The fraction of sp³-hybridized carbons (Fsp3) is 0.417. The van der Waals surface area contributed by atoms with Gasteiger partial charge in [0, 0.05) is 5.25 Å². The van der Waals surface area contributed by atoms with Crippen molar-refractivity contribution in [3.8, 4) is 0 Å². The van der Waals surface area contributed by atoms with Crippen LogP contribution in [0.2, 0.25) is 0 Å². The number of fused-ring (bicyclic) bond motifs is 1. The normalized spacial score (nSPS) is 25.3. The smallest absolute Gasteiger partial charge is 0.257 e. The van der Waals surface area contributed by atoms with Gasteiger partial charge in [-0.3, -0.25) is 0 Å². The van der Waals surface area contributed by atoms with Crippen LogP contribution in [0, 0.1) is 0 Å². The van der Waals surface area contributed by atoms with Crippen LogP contribution in [0.25, 0.3) is 11.1 Å². The van der Waals surface area contributed by atoms with Gasteiger partial charge in [0.1, 0.15) is 5.52 Å². The maximum atomic E-state index is 9.73. The fourth-order valence-corrected chi connectivity index (χ4v) is 3.20. The Morgan fingerprint density at radius 2 is 2.19 bits per heavy atom. The van der Waals surface area contributed by atoms with Gasteiger partial charge in [-0.2, -0.15) is 0 Å². The van der Waals surface area contributed by atoms with E-state index in [1.807, 2.05) is 24.3 Å². The molecule has 1 saturated carbocycles. The van der Waals surface area contributed by atoms with E-state index in [9.17, 15) is 5.11 Å². The highest BCUT2D eigenvalue weighted by Gasteiger charge is 2.27. The average molecular weight is 235 g/mol. The standard InChI is InChI=1S/C12H13NO2S/c14-9-5-3-7-11(9)16-12-13-8-4-1-2-6-10(8)15-12/h1-2,4,6,9,11,14H,3,5,7H2/t9-,11-/m1/s1. The Balaban J connectivity index is 1.83. The molecule has 0 radical (unpaired) electrons. The van der Waals surface area contributed by atoms with Crippen LogP contribution in [-0.4, -0.2) is 21.4 Å². The minimum absolute atomic E-state index is 0.208. The highest BCUT2D eigenvalue weighted by atomic mass is 32.2. The number of aliphatic hydroxyl groups excluding tert-OH is 1. The Labute approximate surface area is 97.9 Å². The van der Waals surface area contributed by atoms with Gasteiger partial charge in [-0.1, -0.05) is 23.9 Å². The summed E-state index contributed by atoms with van der Waals surface area (Å²) < 4.78 is 5.62. The molecule has 3 rings (SSSR count). The van der Waals surface area contributed by atoms with Crippen LogP contribution in [0.1, 0.15) is 19.3 Å². The molecule has 84 valence electrons. The van der Waals surface area contributed by atoms with Crippen LogP contribution >= 0.6 is 11.8 Å². The molecule has 0 bridgehead atoms.